The first-order valence-electron chi connectivity index (χ1n) is 5.78. The molecule has 1 heterocycles. The van der Waals surface area contributed by atoms with Gasteiger partial charge in [0.15, 0.2) is 5.78 Å². The van der Waals surface area contributed by atoms with Gasteiger partial charge in [-0.1, -0.05) is 13.8 Å². The van der Waals surface area contributed by atoms with E-state index < -0.39 is 6.04 Å². The highest BCUT2D eigenvalue weighted by Gasteiger charge is 2.13. The van der Waals surface area contributed by atoms with E-state index in [2.05, 4.69) is 23.8 Å². The smallest absolute Gasteiger partial charge is 0.179 e. The summed E-state index contributed by atoms with van der Waals surface area (Å²) in [6.07, 6.45) is 0. The number of carbonyl (C=O) groups is 1. The fourth-order valence-electron chi connectivity index (χ4n) is 1.72. The molecule has 0 radical (unpaired) electrons. The van der Waals surface area contributed by atoms with Crippen molar-refractivity contribution in [2.45, 2.75) is 32.7 Å². The third-order valence-electron chi connectivity index (χ3n) is 2.75. The number of carbonyl (C=O) groups excluding carboxylic acids is 1. The number of nitrogens with one attached hydrogen (secondary N) is 1. The fraction of sp³-hybridized carbons (Fsp3) is 0.385. The molecule has 0 aliphatic carbocycles. The number of hydrogen-bond donors (Lipinski definition) is 2. The van der Waals surface area contributed by atoms with Crippen LogP contribution in [0.25, 0.3) is 11.0 Å². The molecule has 0 bridgehead atoms. The summed E-state index contributed by atoms with van der Waals surface area (Å²) in [5.41, 5.74) is 7.99. The molecule has 17 heavy (non-hydrogen) atoms. The minimum Gasteiger partial charge on any atom is -0.342 e. The lowest BCUT2D eigenvalue weighted by Crippen LogP contribution is -2.26. The molecule has 0 spiro atoms. The first-order chi connectivity index (χ1) is 7.99. The molecule has 0 saturated heterocycles. The van der Waals surface area contributed by atoms with Crippen molar-refractivity contribution in [3.63, 3.8) is 0 Å². The normalized spacial score (nSPS) is 13.2. The van der Waals surface area contributed by atoms with Crippen LogP contribution in [0.1, 0.15) is 42.9 Å². The summed E-state index contributed by atoms with van der Waals surface area (Å²) in [5.74, 6) is 1.23. The van der Waals surface area contributed by atoms with Gasteiger partial charge in [0.05, 0.1) is 17.1 Å². The van der Waals surface area contributed by atoms with Gasteiger partial charge in [-0.2, -0.15) is 0 Å². The van der Waals surface area contributed by atoms with E-state index >= 15 is 0 Å². The minimum absolute atomic E-state index is 0.0485. The minimum atomic E-state index is -0.472. The maximum Gasteiger partial charge on any atom is 0.179 e. The SMILES string of the molecule is CC(N)C(=O)c1ccc2nc(C(C)C)[nH]c2c1. The molecular formula is C13H17N3O. The second-order valence-electron chi connectivity index (χ2n) is 4.66. The number of aromatic amines is 1. The van der Waals surface area contributed by atoms with Crippen LogP contribution in [0.5, 0.6) is 0 Å². The lowest BCUT2D eigenvalue weighted by Gasteiger charge is -2.03. The molecule has 2 rings (SSSR count). The van der Waals surface area contributed by atoms with Gasteiger partial charge in [0, 0.05) is 11.5 Å². The first kappa shape index (κ1) is 11.8. The quantitative estimate of drug-likeness (QED) is 0.795. The van der Waals surface area contributed by atoms with Crippen LogP contribution in [0.3, 0.4) is 0 Å². The number of hydrogen-bond acceptors (Lipinski definition) is 3. The zero-order chi connectivity index (χ0) is 12.6. The van der Waals surface area contributed by atoms with E-state index in [1.807, 2.05) is 12.1 Å². The predicted octanol–water partition coefficient (Wildman–Crippen LogP) is 2.22. The van der Waals surface area contributed by atoms with Crippen LogP contribution in [-0.2, 0) is 0 Å². The highest BCUT2D eigenvalue weighted by Crippen LogP contribution is 2.18. The second kappa shape index (κ2) is 4.30. The van der Waals surface area contributed by atoms with Crippen molar-refractivity contribution < 1.29 is 4.79 Å². The Morgan fingerprint density at radius 1 is 1.35 bits per heavy atom. The molecule has 90 valence electrons. The van der Waals surface area contributed by atoms with Crippen molar-refractivity contribution in [2.24, 2.45) is 5.73 Å². The van der Waals surface area contributed by atoms with Crippen LogP contribution in [0.15, 0.2) is 18.2 Å². The van der Waals surface area contributed by atoms with Gasteiger partial charge in [0.2, 0.25) is 0 Å². The van der Waals surface area contributed by atoms with Gasteiger partial charge in [-0.05, 0) is 25.1 Å². The molecule has 3 N–H and O–H groups in total. The Hall–Kier alpha value is -1.68. The van der Waals surface area contributed by atoms with Gasteiger partial charge in [-0.15, -0.1) is 0 Å². The third-order valence-corrected chi connectivity index (χ3v) is 2.75. The number of imidazole rings is 1. The number of aromatic nitrogens is 2. The van der Waals surface area contributed by atoms with Crippen LogP contribution in [-0.4, -0.2) is 21.8 Å². The molecule has 4 nitrogen and oxygen atoms in total. The molecule has 2 aromatic rings. The Bertz CT molecular complexity index is 555. The maximum atomic E-state index is 11.8. The Morgan fingerprint density at radius 3 is 2.65 bits per heavy atom. The molecular weight excluding hydrogens is 214 g/mol. The van der Waals surface area contributed by atoms with Gasteiger partial charge in [-0.25, -0.2) is 4.98 Å². The van der Waals surface area contributed by atoms with E-state index in [1.54, 1.807) is 13.0 Å². The fourth-order valence-corrected chi connectivity index (χ4v) is 1.72. The monoisotopic (exact) mass is 231 g/mol. The average molecular weight is 231 g/mol. The van der Waals surface area contributed by atoms with Crippen molar-refractivity contribution in [2.75, 3.05) is 0 Å². The molecule has 1 aromatic carbocycles. The standard InChI is InChI=1S/C13H17N3O/c1-7(2)13-15-10-5-4-9(6-11(10)16-13)12(17)8(3)14/h4-8H,14H2,1-3H3,(H,15,16). The van der Waals surface area contributed by atoms with E-state index in [9.17, 15) is 4.79 Å². The van der Waals surface area contributed by atoms with Crippen LogP contribution >= 0.6 is 0 Å². The number of ketones is 1. The Balaban J connectivity index is 2.47. The van der Waals surface area contributed by atoms with E-state index in [-0.39, 0.29) is 5.78 Å². The van der Waals surface area contributed by atoms with E-state index in [4.69, 9.17) is 5.73 Å². The largest absolute Gasteiger partial charge is 0.342 e. The molecule has 0 fully saturated rings. The third kappa shape index (κ3) is 2.22. The van der Waals surface area contributed by atoms with Crippen LogP contribution in [0.2, 0.25) is 0 Å². The Kier molecular flexibility index (Phi) is 2.98. The van der Waals surface area contributed by atoms with Crippen molar-refractivity contribution in [3.8, 4) is 0 Å². The number of fused-ring (bicyclic) bond motifs is 1. The zero-order valence-corrected chi connectivity index (χ0v) is 10.3. The van der Waals surface area contributed by atoms with Crippen LogP contribution in [0.4, 0.5) is 0 Å². The molecule has 4 heteroatoms. The van der Waals surface area contributed by atoms with Crippen molar-refractivity contribution in [1.29, 1.82) is 0 Å². The molecule has 1 unspecified atom stereocenters. The molecule has 0 aliphatic rings. The summed E-state index contributed by atoms with van der Waals surface area (Å²) >= 11 is 0. The van der Waals surface area contributed by atoms with Gasteiger partial charge in [0.25, 0.3) is 0 Å². The number of benzene rings is 1. The average Bonchev–Trinajstić information content (AvgIpc) is 2.70. The first-order valence-corrected chi connectivity index (χ1v) is 5.78. The van der Waals surface area contributed by atoms with Gasteiger partial charge >= 0.3 is 0 Å². The summed E-state index contributed by atoms with van der Waals surface area (Å²) in [6.45, 7) is 5.84. The molecule has 0 saturated carbocycles. The van der Waals surface area contributed by atoms with Crippen molar-refractivity contribution in [3.05, 3.63) is 29.6 Å². The topological polar surface area (TPSA) is 71.8 Å². The Morgan fingerprint density at radius 2 is 2.06 bits per heavy atom. The van der Waals surface area contributed by atoms with E-state index in [0.717, 1.165) is 16.9 Å². The number of nitrogens with zero attached hydrogens (tertiary/aromatic N) is 1. The van der Waals surface area contributed by atoms with Gasteiger partial charge in [-0.3, -0.25) is 4.79 Å². The lowest BCUT2D eigenvalue weighted by molar-refractivity contribution is 0.0968. The summed E-state index contributed by atoms with van der Waals surface area (Å²) in [4.78, 5) is 19.5. The van der Waals surface area contributed by atoms with E-state index in [1.165, 1.54) is 0 Å². The van der Waals surface area contributed by atoms with Crippen LogP contribution in [0, 0.1) is 0 Å². The molecule has 1 atom stereocenters. The van der Waals surface area contributed by atoms with Gasteiger partial charge < -0.3 is 10.7 Å². The number of Topliss-reactive ketones (excluding diaryl/α,β-unsaturated/α-hetero) is 1. The van der Waals surface area contributed by atoms with Crippen molar-refractivity contribution >= 4 is 16.8 Å². The number of rotatable bonds is 3. The summed E-state index contributed by atoms with van der Waals surface area (Å²) in [6, 6.07) is 4.98. The zero-order valence-electron chi connectivity index (χ0n) is 10.3. The highest BCUT2D eigenvalue weighted by atomic mass is 16.1. The van der Waals surface area contributed by atoms with Crippen molar-refractivity contribution in [1.82, 2.24) is 9.97 Å². The molecule has 1 aromatic heterocycles. The molecule has 0 amide bonds. The van der Waals surface area contributed by atoms with Crippen LogP contribution < -0.4 is 5.73 Å². The predicted molar refractivity (Wildman–Crippen MR) is 68.2 cm³/mol. The highest BCUT2D eigenvalue weighted by molar-refractivity contribution is 6.01. The number of nitrogens with two attached hydrogens (primary N) is 1. The maximum absolute atomic E-state index is 11.8. The summed E-state index contributed by atoms with van der Waals surface area (Å²) in [5, 5.41) is 0. The Labute approximate surface area is 100 Å². The van der Waals surface area contributed by atoms with E-state index in [0.29, 0.717) is 11.5 Å². The number of H-pyrrole nitrogens is 1. The lowest BCUT2D eigenvalue weighted by atomic mass is 10.1. The summed E-state index contributed by atoms with van der Waals surface area (Å²) < 4.78 is 0. The molecule has 0 aliphatic heterocycles. The summed E-state index contributed by atoms with van der Waals surface area (Å²) in [7, 11) is 0. The second-order valence-corrected chi connectivity index (χ2v) is 4.66. The van der Waals surface area contributed by atoms with Gasteiger partial charge in [0.1, 0.15) is 5.82 Å².